The summed E-state index contributed by atoms with van der Waals surface area (Å²) >= 11 is 0. The van der Waals surface area contributed by atoms with Gasteiger partial charge in [-0.1, -0.05) is 13.0 Å². The van der Waals surface area contributed by atoms with Gasteiger partial charge in [-0.2, -0.15) is 0 Å². The van der Waals surface area contributed by atoms with E-state index < -0.39 is 0 Å². The van der Waals surface area contributed by atoms with Crippen LogP contribution >= 0.6 is 0 Å². The zero-order chi connectivity index (χ0) is 15.4. The Balaban J connectivity index is 1.89. The van der Waals surface area contributed by atoms with Gasteiger partial charge in [-0.3, -0.25) is 4.99 Å². The van der Waals surface area contributed by atoms with Crippen molar-refractivity contribution in [2.45, 2.75) is 51.1 Å². The van der Waals surface area contributed by atoms with E-state index in [0.717, 1.165) is 24.8 Å². The van der Waals surface area contributed by atoms with Crippen molar-refractivity contribution in [2.75, 3.05) is 7.11 Å². The molecule has 1 saturated carbocycles. The van der Waals surface area contributed by atoms with Gasteiger partial charge in [0.15, 0.2) is 17.5 Å². The van der Waals surface area contributed by atoms with Crippen LogP contribution in [0.2, 0.25) is 0 Å². The molecule has 1 unspecified atom stereocenters. The molecule has 0 saturated heterocycles. The second-order valence-electron chi connectivity index (χ2n) is 5.68. The Hall–Kier alpha value is -1.78. The molecular weight excluding hydrogens is 269 g/mol. The van der Waals surface area contributed by atoms with Gasteiger partial charge in [0.25, 0.3) is 0 Å². The molecule has 0 heterocycles. The second-order valence-corrected chi connectivity index (χ2v) is 5.68. The lowest BCUT2D eigenvalue weighted by Crippen LogP contribution is -2.40. The number of methoxy groups -OCH3 is 1. The summed E-state index contributed by atoms with van der Waals surface area (Å²) in [6.45, 7) is 4.18. The SMILES string of the molecule is CCC(C)NC(N)=NC1CC(c2ccc(OC)c(F)c2)C1. The van der Waals surface area contributed by atoms with Crippen molar-refractivity contribution in [1.29, 1.82) is 0 Å². The quantitative estimate of drug-likeness (QED) is 0.648. The molecular formula is C16H24FN3O. The van der Waals surface area contributed by atoms with Crippen LogP contribution in [0.4, 0.5) is 4.39 Å². The third-order valence-electron chi connectivity index (χ3n) is 4.09. The average molecular weight is 293 g/mol. The molecule has 0 amide bonds. The van der Waals surface area contributed by atoms with Crippen LogP contribution in [-0.4, -0.2) is 25.2 Å². The van der Waals surface area contributed by atoms with E-state index in [9.17, 15) is 4.39 Å². The highest BCUT2D eigenvalue weighted by molar-refractivity contribution is 5.78. The summed E-state index contributed by atoms with van der Waals surface area (Å²) in [5.41, 5.74) is 6.88. The third-order valence-corrected chi connectivity index (χ3v) is 4.09. The molecule has 0 radical (unpaired) electrons. The maximum Gasteiger partial charge on any atom is 0.189 e. The number of ether oxygens (including phenoxy) is 1. The Morgan fingerprint density at radius 3 is 2.81 bits per heavy atom. The molecule has 5 heteroatoms. The molecule has 0 spiro atoms. The summed E-state index contributed by atoms with van der Waals surface area (Å²) in [5, 5.41) is 3.16. The first-order valence-electron chi connectivity index (χ1n) is 7.46. The molecule has 1 aromatic rings. The number of nitrogens with one attached hydrogen (secondary N) is 1. The Labute approximate surface area is 125 Å². The Bertz CT molecular complexity index is 512. The highest BCUT2D eigenvalue weighted by Gasteiger charge is 2.30. The molecule has 3 N–H and O–H groups in total. The number of nitrogens with zero attached hydrogens (tertiary/aromatic N) is 1. The smallest absolute Gasteiger partial charge is 0.189 e. The van der Waals surface area contributed by atoms with Gasteiger partial charge in [0.2, 0.25) is 0 Å². The maximum atomic E-state index is 13.7. The van der Waals surface area contributed by atoms with E-state index in [1.165, 1.54) is 7.11 Å². The second kappa shape index (κ2) is 6.78. The highest BCUT2D eigenvalue weighted by atomic mass is 19.1. The van der Waals surface area contributed by atoms with Crippen LogP contribution in [0.1, 0.15) is 44.6 Å². The van der Waals surface area contributed by atoms with E-state index in [1.807, 2.05) is 6.07 Å². The molecule has 4 nitrogen and oxygen atoms in total. The molecule has 0 bridgehead atoms. The first-order chi connectivity index (χ1) is 10.0. The predicted octanol–water partition coefficient (Wildman–Crippen LogP) is 2.78. The fourth-order valence-corrected chi connectivity index (χ4v) is 2.49. The minimum absolute atomic E-state index is 0.233. The zero-order valence-corrected chi connectivity index (χ0v) is 12.9. The van der Waals surface area contributed by atoms with Crippen LogP contribution in [0.25, 0.3) is 0 Å². The molecule has 1 aromatic carbocycles. The van der Waals surface area contributed by atoms with E-state index in [0.29, 0.717) is 17.9 Å². The number of rotatable bonds is 5. The molecule has 1 aliphatic carbocycles. The molecule has 1 aliphatic rings. The zero-order valence-electron chi connectivity index (χ0n) is 12.9. The lowest BCUT2D eigenvalue weighted by molar-refractivity contribution is 0.348. The van der Waals surface area contributed by atoms with Crippen LogP contribution in [0.3, 0.4) is 0 Å². The number of hydrogen-bond donors (Lipinski definition) is 2. The molecule has 0 aromatic heterocycles. The molecule has 21 heavy (non-hydrogen) atoms. The van der Waals surface area contributed by atoms with Crippen LogP contribution in [0, 0.1) is 5.82 Å². The molecule has 116 valence electrons. The van der Waals surface area contributed by atoms with Crippen LogP contribution in [-0.2, 0) is 0 Å². The summed E-state index contributed by atoms with van der Waals surface area (Å²) in [6.07, 6.45) is 2.83. The number of guanidine groups is 1. The van der Waals surface area contributed by atoms with E-state index in [2.05, 4.69) is 24.2 Å². The Morgan fingerprint density at radius 1 is 1.52 bits per heavy atom. The maximum absolute atomic E-state index is 13.7. The minimum Gasteiger partial charge on any atom is -0.494 e. The third kappa shape index (κ3) is 3.86. The van der Waals surface area contributed by atoms with Gasteiger partial charge in [0, 0.05) is 6.04 Å². The van der Waals surface area contributed by atoms with Crippen LogP contribution in [0.5, 0.6) is 5.75 Å². The van der Waals surface area contributed by atoms with Gasteiger partial charge in [-0.15, -0.1) is 0 Å². The van der Waals surface area contributed by atoms with E-state index in [1.54, 1.807) is 12.1 Å². The monoisotopic (exact) mass is 293 g/mol. The average Bonchev–Trinajstić information content (AvgIpc) is 2.42. The largest absolute Gasteiger partial charge is 0.494 e. The van der Waals surface area contributed by atoms with E-state index in [-0.39, 0.29) is 17.6 Å². The van der Waals surface area contributed by atoms with Crippen molar-refractivity contribution in [2.24, 2.45) is 10.7 Å². The Morgan fingerprint density at radius 2 is 2.24 bits per heavy atom. The fraction of sp³-hybridized carbons (Fsp3) is 0.562. The van der Waals surface area contributed by atoms with Crippen molar-refractivity contribution in [1.82, 2.24) is 5.32 Å². The predicted molar refractivity (Wildman–Crippen MR) is 83.2 cm³/mol. The lowest BCUT2D eigenvalue weighted by atomic mass is 9.76. The minimum atomic E-state index is -0.306. The van der Waals surface area contributed by atoms with Crippen molar-refractivity contribution in [3.05, 3.63) is 29.6 Å². The van der Waals surface area contributed by atoms with Crippen molar-refractivity contribution in [3.8, 4) is 5.75 Å². The topological polar surface area (TPSA) is 59.6 Å². The fourth-order valence-electron chi connectivity index (χ4n) is 2.49. The number of hydrogen-bond acceptors (Lipinski definition) is 2. The standard InChI is InChI=1S/C16H24FN3O/c1-4-10(2)19-16(18)20-13-7-12(8-13)11-5-6-15(21-3)14(17)9-11/h5-6,9-10,12-13H,4,7-8H2,1-3H3,(H3,18,19,20). The number of aliphatic imine (C=N–C) groups is 1. The van der Waals surface area contributed by atoms with Gasteiger partial charge >= 0.3 is 0 Å². The van der Waals surface area contributed by atoms with E-state index in [4.69, 9.17) is 10.5 Å². The molecule has 0 aliphatic heterocycles. The molecule has 1 atom stereocenters. The summed E-state index contributed by atoms with van der Waals surface area (Å²) in [7, 11) is 1.47. The van der Waals surface area contributed by atoms with Crippen LogP contribution in [0.15, 0.2) is 23.2 Å². The first kappa shape index (κ1) is 15.6. The highest BCUT2D eigenvalue weighted by Crippen LogP contribution is 2.39. The van der Waals surface area contributed by atoms with Gasteiger partial charge in [0.05, 0.1) is 13.2 Å². The van der Waals surface area contributed by atoms with Crippen molar-refractivity contribution < 1.29 is 9.13 Å². The van der Waals surface area contributed by atoms with Crippen LogP contribution < -0.4 is 15.8 Å². The summed E-state index contributed by atoms with van der Waals surface area (Å²) in [6, 6.07) is 5.73. The number of benzene rings is 1. The number of nitrogens with two attached hydrogens (primary N) is 1. The van der Waals surface area contributed by atoms with E-state index >= 15 is 0 Å². The van der Waals surface area contributed by atoms with Gasteiger partial charge in [0.1, 0.15) is 0 Å². The summed E-state index contributed by atoms with van der Waals surface area (Å²) in [4.78, 5) is 4.47. The van der Waals surface area contributed by atoms with Crippen molar-refractivity contribution in [3.63, 3.8) is 0 Å². The Kier molecular flexibility index (Phi) is 5.04. The first-order valence-corrected chi connectivity index (χ1v) is 7.46. The lowest BCUT2D eigenvalue weighted by Gasteiger charge is -2.33. The van der Waals surface area contributed by atoms with Gasteiger partial charge in [-0.25, -0.2) is 4.39 Å². The molecule has 2 rings (SSSR count). The molecule has 1 fully saturated rings. The number of halogens is 1. The summed E-state index contributed by atoms with van der Waals surface area (Å²) in [5.74, 6) is 0.846. The van der Waals surface area contributed by atoms with Gasteiger partial charge < -0.3 is 15.8 Å². The van der Waals surface area contributed by atoms with Crippen molar-refractivity contribution >= 4 is 5.96 Å². The normalized spacial score (nSPS) is 23.3. The summed E-state index contributed by atoms with van der Waals surface area (Å²) < 4.78 is 18.6. The van der Waals surface area contributed by atoms with Gasteiger partial charge in [-0.05, 0) is 49.8 Å².